The molecule has 1 atom stereocenters. The second kappa shape index (κ2) is 7.85. The number of carbonyl (C=O) groups is 2. The molecule has 0 radical (unpaired) electrons. The van der Waals surface area contributed by atoms with Gasteiger partial charge in [0, 0.05) is 13.1 Å². The van der Waals surface area contributed by atoms with Crippen LogP contribution in [0.15, 0.2) is 46.6 Å². The van der Waals surface area contributed by atoms with E-state index >= 15 is 0 Å². The van der Waals surface area contributed by atoms with Crippen molar-refractivity contribution in [3.63, 3.8) is 0 Å². The lowest BCUT2D eigenvalue weighted by Gasteiger charge is -2.24. The molecule has 148 valence electrons. The van der Waals surface area contributed by atoms with Crippen molar-refractivity contribution in [2.24, 2.45) is 0 Å². The van der Waals surface area contributed by atoms with Crippen molar-refractivity contribution in [2.75, 3.05) is 34.3 Å². The molecule has 1 unspecified atom stereocenters. The largest absolute Gasteiger partial charge is 0.507 e. The number of nitrogens with zero attached hydrogens (tertiary/aromatic N) is 2. The Labute approximate surface area is 161 Å². The summed E-state index contributed by atoms with van der Waals surface area (Å²) < 4.78 is 24.4. The van der Waals surface area contributed by atoms with E-state index in [1.807, 2.05) is 19.0 Å². The lowest BCUT2D eigenvalue weighted by atomic mass is 9.98. The summed E-state index contributed by atoms with van der Waals surface area (Å²) in [5, 5.41) is 10.9. The van der Waals surface area contributed by atoms with Gasteiger partial charge in [0.1, 0.15) is 29.1 Å². The number of aliphatic hydroxyl groups is 1. The van der Waals surface area contributed by atoms with Gasteiger partial charge in [-0.15, -0.1) is 0 Å². The maximum atomic E-state index is 13.8. The molecule has 0 bridgehead atoms. The Bertz CT molecular complexity index is 921. The first kappa shape index (κ1) is 19.6. The van der Waals surface area contributed by atoms with Crippen molar-refractivity contribution >= 4 is 17.4 Å². The quantitative estimate of drug-likeness (QED) is 0.465. The van der Waals surface area contributed by atoms with Gasteiger partial charge in [0.15, 0.2) is 0 Å². The highest BCUT2D eigenvalue weighted by molar-refractivity contribution is 6.46. The van der Waals surface area contributed by atoms with E-state index in [4.69, 9.17) is 9.15 Å². The SMILES string of the molecule is COc1ccc(F)cc1/C(O)=C1\C(=O)C(=O)N(CCN(C)C)C1c1ccco1. The number of hydrogen-bond acceptors (Lipinski definition) is 6. The van der Waals surface area contributed by atoms with E-state index < -0.39 is 29.3 Å². The van der Waals surface area contributed by atoms with Gasteiger partial charge >= 0.3 is 0 Å². The molecule has 0 spiro atoms. The van der Waals surface area contributed by atoms with Crippen LogP contribution in [0.5, 0.6) is 5.75 Å². The molecule has 8 heteroatoms. The number of likely N-dealkylation sites (N-methyl/N-ethyl adjacent to an activating group) is 1. The molecule has 1 aromatic heterocycles. The Morgan fingerprint density at radius 1 is 1.32 bits per heavy atom. The van der Waals surface area contributed by atoms with Crippen LogP contribution in [0.1, 0.15) is 17.4 Å². The zero-order valence-electron chi connectivity index (χ0n) is 15.8. The zero-order valence-corrected chi connectivity index (χ0v) is 15.8. The number of ether oxygens (including phenoxy) is 1. The maximum Gasteiger partial charge on any atom is 0.295 e. The molecule has 1 aliphatic rings. The van der Waals surface area contributed by atoms with E-state index in [2.05, 4.69) is 0 Å². The fourth-order valence-electron chi connectivity index (χ4n) is 3.17. The summed E-state index contributed by atoms with van der Waals surface area (Å²) in [5.74, 6) is -2.22. The van der Waals surface area contributed by atoms with Gasteiger partial charge in [-0.3, -0.25) is 9.59 Å². The molecule has 28 heavy (non-hydrogen) atoms. The lowest BCUT2D eigenvalue weighted by Crippen LogP contribution is -2.35. The van der Waals surface area contributed by atoms with E-state index in [0.717, 1.165) is 6.07 Å². The third-order valence-corrected chi connectivity index (χ3v) is 4.56. The minimum atomic E-state index is -0.914. The summed E-state index contributed by atoms with van der Waals surface area (Å²) >= 11 is 0. The number of benzene rings is 1. The smallest absolute Gasteiger partial charge is 0.295 e. The van der Waals surface area contributed by atoms with Crippen LogP contribution in [0.25, 0.3) is 5.76 Å². The van der Waals surface area contributed by atoms with Crippen molar-refractivity contribution in [3.8, 4) is 5.75 Å². The monoisotopic (exact) mass is 388 g/mol. The molecule has 0 aliphatic carbocycles. The maximum absolute atomic E-state index is 13.8. The second-order valence-electron chi connectivity index (χ2n) is 6.66. The van der Waals surface area contributed by atoms with Crippen molar-refractivity contribution in [2.45, 2.75) is 6.04 Å². The van der Waals surface area contributed by atoms with Crippen LogP contribution in [0, 0.1) is 5.82 Å². The molecular formula is C20H21FN2O5. The predicted molar refractivity (Wildman–Crippen MR) is 99.2 cm³/mol. The number of methoxy groups -OCH3 is 1. The number of amides is 1. The molecule has 7 nitrogen and oxygen atoms in total. The Morgan fingerprint density at radius 3 is 2.68 bits per heavy atom. The first-order chi connectivity index (χ1) is 13.3. The average Bonchev–Trinajstić information content (AvgIpc) is 3.27. The Hall–Kier alpha value is -3.13. The van der Waals surface area contributed by atoms with E-state index in [0.29, 0.717) is 12.3 Å². The van der Waals surface area contributed by atoms with Crippen molar-refractivity contribution in [1.82, 2.24) is 9.80 Å². The highest BCUT2D eigenvalue weighted by Gasteiger charge is 2.47. The van der Waals surface area contributed by atoms with Crippen molar-refractivity contribution < 1.29 is 28.2 Å². The lowest BCUT2D eigenvalue weighted by molar-refractivity contribution is -0.140. The van der Waals surface area contributed by atoms with E-state index in [9.17, 15) is 19.1 Å². The van der Waals surface area contributed by atoms with Gasteiger partial charge in [-0.25, -0.2) is 4.39 Å². The number of Topliss-reactive ketones (excluding diaryl/α,β-unsaturated/α-hetero) is 1. The molecule has 0 saturated carbocycles. The van der Waals surface area contributed by atoms with Crippen molar-refractivity contribution in [1.29, 1.82) is 0 Å². The normalized spacial score (nSPS) is 18.9. The molecule has 1 fully saturated rings. The molecule has 2 aromatic rings. The average molecular weight is 388 g/mol. The Kier molecular flexibility index (Phi) is 5.51. The number of aliphatic hydroxyl groups excluding tert-OH is 1. The minimum absolute atomic E-state index is 0.00957. The second-order valence-corrected chi connectivity index (χ2v) is 6.66. The minimum Gasteiger partial charge on any atom is -0.507 e. The molecule has 1 aliphatic heterocycles. The summed E-state index contributed by atoms with van der Waals surface area (Å²) in [5.41, 5.74) is -0.174. The van der Waals surface area contributed by atoms with Crippen LogP contribution in [-0.4, -0.2) is 60.9 Å². The van der Waals surface area contributed by atoms with Crippen LogP contribution in [0.4, 0.5) is 4.39 Å². The summed E-state index contributed by atoms with van der Waals surface area (Å²) in [7, 11) is 5.05. The molecule has 1 saturated heterocycles. The van der Waals surface area contributed by atoms with Gasteiger partial charge in [-0.05, 0) is 44.4 Å². The third-order valence-electron chi connectivity index (χ3n) is 4.56. The predicted octanol–water partition coefficient (Wildman–Crippen LogP) is 2.41. The molecule has 3 rings (SSSR count). The molecular weight excluding hydrogens is 367 g/mol. The molecule has 1 N–H and O–H groups in total. The van der Waals surface area contributed by atoms with Gasteiger partial charge in [-0.2, -0.15) is 0 Å². The fraction of sp³-hybridized carbons (Fsp3) is 0.300. The first-order valence-corrected chi connectivity index (χ1v) is 8.65. The molecule has 1 aromatic carbocycles. The van der Waals surface area contributed by atoms with Crippen LogP contribution in [0.3, 0.4) is 0 Å². The van der Waals surface area contributed by atoms with Gasteiger partial charge < -0.3 is 24.1 Å². The summed E-state index contributed by atoms with van der Waals surface area (Å²) in [6.45, 7) is 0.758. The molecule has 2 heterocycles. The number of ketones is 1. The topological polar surface area (TPSA) is 83.2 Å². The van der Waals surface area contributed by atoms with Gasteiger partial charge in [0.2, 0.25) is 0 Å². The van der Waals surface area contributed by atoms with Crippen LogP contribution in [-0.2, 0) is 9.59 Å². The van der Waals surface area contributed by atoms with Crippen LogP contribution < -0.4 is 4.74 Å². The van der Waals surface area contributed by atoms with Crippen LogP contribution >= 0.6 is 0 Å². The zero-order chi connectivity index (χ0) is 20.4. The van der Waals surface area contributed by atoms with Gasteiger partial charge in [0.25, 0.3) is 11.7 Å². The number of rotatable bonds is 6. The third kappa shape index (κ3) is 3.50. The summed E-state index contributed by atoms with van der Waals surface area (Å²) in [6, 6.07) is 5.91. The van der Waals surface area contributed by atoms with E-state index in [1.54, 1.807) is 12.1 Å². The number of furan rings is 1. The number of likely N-dealkylation sites (tertiary alicyclic amines) is 1. The van der Waals surface area contributed by atoms with Crippen molar-refractivity contribution in [3.05, 3.63) is 59.3 Å². The molecule has 1 amide bonds. The van der Waals surface area contributed by atoms with E-state index in [1.165, 1.54) is 30.4 Å². The summed E-state index contributed by atoms with van der Waals surface area (Å²) in [4.78, 5) is 28.6. The highest BCUT2D eigenvalue weighted by atomic mass is 19.1. The number of halogens is 1. The standard InChI is InChI=1S/C20H21FN2O5/c1-22(2)8-9-23-17(15-5-4-10-28-15)16(19(25)20(23)26)18(24)13-11-12(21)6-7-14(13)27-3/h4-7,10-11,17,24H,8-9H2,1-3H3/b18-16+. The summed E-state index contributed by atoms with van der Waals surface area (Å²) in [6.07, 6.45) is 1.42. The Morgan fingerprint density at radius 2 is 2.07 bits per heavy atom. The van der Waals surface area contributed by atoms with Crippen LogP contribution in [0.2, 0.25) is 0 Å². The van der Waals surface area contributed by atoms with Gasteiger partial charge in [-0.1, -0.05) is 0 Å². The van der Waals surface area contributed by atoms with Gasteiger partial charge in [0.05, 0.1) is 24.5 Å². The fourth-order valence-corrected chi connectivity index (χ4v) is 3.17. The Balaban J connectivity index is 2.17. The first-order valence-electron chi connectivity index (χ1n) is 8.65. The number of carbonyl (C=O) groups excluding carboxylic acids is 2. The van der Waals surface area contributed by atoms with E-state index in [-0.39, 0.29) is 23.4 Å². The number of hydrogen-bond donors (Lipinski definition) is 1. The highest BCUT2D eigenvalue weighted by Crippen LogP contribution is 2.41.